The molecule has 7 nitrogen and oxygen atoms in total. The van der Waals surface area contributed by atoms with Crippen molar-refractivity contribution in [3.05, 3.63) is 46.5 Å². The third-order valence-electron chi connectivity index (χ3n) is 5.62. The molecule has 0 amide bonds. The number of fused-ring (bicyclic) bond motifs is 4. The smallest absolute Gasteiger partial charge is 0.231 e. The summed E-state index contributed by atoms with van der Waals surface area (Å²) in [6.07, 6.45) is 0.942. The lowest BCUT2D eigenvalue weighted by Gasteiger charge is -2.33. The quantitative estimate of drug-likeness (QED) is 0.765. The van der Waals surface area contributed by atoms with Gasteiger partial charge in [0.1, 0.15) is 0 Å². The summed E-state index contributed by atoms with van der Waals surface area (Å²) >= 11 is 0. The van der Waals surface area contributed by atoms with Gasteiger partial charge in [0.25, 0.3) is 0 Å². The first kappa shape index (κ1) is 18.5. The molecule has 3 heterocycles. The minimum Gasteiger partial charge on any atom is -0.454 e. The molecular weight excluding hydrogens is 374 g/mol. The number of methoxy groups -OCH3 is 1. The number of hydrogen-bond donors (Lipinski definition) is 0. The molecule has 3 aliphatic rings. The highest BCUT2D eigenvalue weighted by Crippen LogP contribution is 2.49. The van der Waals surface area contributed by atoms with Gasteiger partial charge in [-0.2, -0.15) is 0 Å². The average molecular weight is 399 g/mol. The van der Waals surface area contributed by atoms with Gasteiger partial charge in [0.15, 0.2) is 29.3 Å². The molecule has 5 rings (SSSR count). The van der Waals surface area contributed by atoms with Crippen molar-refractivity contribution in [1.29, 1.82) is 0 Å². The van der Waals surface area contributed by atoms with E-state index in [1.807, 2.05) is 6.07 Å². The molecular formula is C22H25NO6. The molecule has 0 saturated carbocycles. The standard InChI is InChI=1S/C22H25NO6/c1-23(2)7-6-13-8-18-19(27-11-26-18)10-15(13)17-9-14-4-5-16-21(28-12-25-16)20(14)22(24-3)29-17/h4-5,8,10,17,22H,6-7,9,11-12H2,1-3H3. The zero-order valence-corrected chi connectivity index (χ0v) is 16.9. The molecule has 0 bridgehead atoms. The average Bonchev–Trinajstić information content (AvgIpc) is 3.39. The second-order valence-electron chi connectivity index (χ2n) is 7.73. The molecule has 2 aromatic rings. The molecule has 154 valence electrons. The molecule has 0 aromatic heterocycles. The predicted octanol–water partition coefficient (Wildman–Crippen LogP) is 3.21. The van der Waals surface area contributed by atoms with Gasteiger partial charge >= 0.3 is 0 Å². The van der Waals surface area contributed by atoms with Crippen LogP contribution in [0, 0.1) is 0 Å². The van der Waals surface area contributed by atoms with Crippen LogP contribution in [0.1, 0.15) is 34.6 Å². The van der Waals surface area contributed by atoms with Crippen molar-refractivity contribution in [3.63, 3.8) is 0 Å². The Balaban J connectivity index is 1.53. The van der Waals surface area contributed by atoms with Gasteiger partial charge in [-0.15, -0.1) is 0 Å². The van der Waals surface area contributed by atoms with Crippen LogP contribution >= 0.6 is 0 Å². The molecule has 0 aliphatic carbocycles. The zero-order chi connectivity index (χ0) is 20.0. The maximum Gasteiger partial charge on any atom is 0.231 e. The first-order valence-electron chi connectivity index (χ1n) is 9.81. The van der Waals surface area contributed by atoms with E-state index < -0.39 is 6.29 Å². The summed E-state index contributed by atoms with van der Waals surface area (Å²) in [7, 11) is 5.80. The van der Waals surface area contributed by atoms with Gasteiger partial charge < -0.3 is 33.3 Å². The van der Waals surface area contributed by atoms with Crippen molar-refractivity contribution in [2.24, 2.45) is 0 Å². The van der Waals surface area contributed by atoms with Gasteiger partial charge in [-0.1, -0.05) is 6.07 Å². The predicted molar refractivity (Wildman–Crippen MR) is 105 cm³/mol. The Kier molecular flexibility index (Phi) is 4.73. The Morgan fingerprint density at radius 1 is 1.00 bits per heavy atom. The third-order valence-corrected chi connectivity index (χ3v) is 5.62. The van der Waals surface area contributed by atoms with Crippen molar-refractivity contribution in [2.75, 3.05) is 41.3 Å². The monoisotopic (exact) mass is 399 g/mol. The SMILES string of the molecule is COC1OC(c2cc3c(cc2CCN(C)C)OCO3)Cc2ccc3c(c21)OCO3. The Labute approximate surface area is 170 Å². The number of nitrogens with zero attached hydrogens (tertiary/aromatic N) is 1. The molecule has 2 aromatic carbocycles. The minimum absolute atomic E-state index is 0.153. The highest BCUT2D eigenvalue weighted by Gasteiger charge is 2.36. The van der Waals surface area contributed by atoms with E-state index in [4.69, 9.17) is 28.4 Å². The van der Waals surface area contributed by atoms with E-state index in [-0.39, 0.29) is 19.7 Å². The third kappa shape index (κ3) is 3.29. The van der Waals surface area contributed by atoms with E-state index in [9.17, 15) is 0 Å². The van der Waals surface area contributed by atoms with E-state index in [0.29, 0.717) is 0 Å². The van der Waals surface area contributed by atoms with Crippen LogP contribution in [0.3, 0.4) is 0 Å². The first-order chi connectivity index (χ1) is 14.1. The van der Waals surface area contributed by atoms with Crippen molar-refractivity contribution in [2.45, 2.75) is 25.2 Å². The largest absolute Gasteiger partial charge is 0.454 e. The van der Waals surface area contributed by atoms with Gasteiger partial charge in [-0.05, 0) is 55.4 Å². The number of rotatable bonds is 5. The summed E-state index contributed by atoms with van der Waals surface area (Å²) in [5.74, 6) is 3.03. The number of ether oxygens (including phenoxy) is 6. The summed E-state index contributed by atoms with van der Waals surface area (Å²) in [5, 5.41) is 0. The fourth-order valence-electron chi connectivity index (χ4n) is 4.15. The summed E-state index contributed by atoms with van der Waals surface area (Å²) in [5.41, 5.74) is 4.39. The van der Waals surface area contributed by atoms with Gasteiger partial charge in [0.05, 0.1) is 11.7 Å². The minimum atomic E-state index is -0.521. The molecule has 7 heteroatoms. The lowest BCUT2D eigenvalue weighted by molar-refractivity contribution is -0.171. The number of hydrogen-bond acceptors (Lipinski definition) is 7. The van der Waals surface area contributed by atoms with E-state index in [2.05, 4.69) is 37.2 Å². The molecule has 0 fully saturated rings. The van der Waals surface area contributed by atoms with Crippen LogP contribution in [-0.4, -0.2) is 46.2 Å². The lowest BCUT2D eigenvalue weighted by Crippen LogP contribution is -2.23. The number of likely N-dealkylation sites (N-methyl/N-ethyl adjacent to an activating group) is 1. The van der Waals surface area contributed by atoms with Gasteiger partial charge in [0.2, 0.25) is 13.6 Å². The summed E-state index contributed by atoms with van der Waals surface area (Å²) in [6, 6.07) is 8.18. The van der Waals surface area contributed by atoms with Crippen molar-refractivity contribution >= 4 is 0 Å². The van der Waals surface area contributed by atoms with Gasteiger partial charge in [-0.25, -0.2) is 0 Å². The van der Waals surface area contributed by atoms with Crippen LogP contribution in [0.15, 0.2) is 24.3 Å². The van der Waals surface area contributed by atoms with Crippen LogP contribution in [0.2, 0.25) is 0 Å². The molecule has 0 N–H and O–H groups in total. The second-order valence-corrected chi connectivity index (χ2v) is 7.73. The molecule has 0 radical (unpaired) electrons. The molecule has 29 heavy (non-hydrogen) atoms. The fourth-order valence-corrected chi connectivity index (χ4v) is 4.15. The lowest BCUT2D eigenvalue weighted by atomic mass is 9.90. The molecule has 3 aliphatic heterocycles. The van der Waals surface area contributed by atoms with Crippen LogP contribution in [0.25, 0.3) is 0 Å². The molecule has 0 saturated heterocycles. The highest BCUT2D eigenvalue weighted by atomic mass is 16.7. The second kappa shape index (κ2) is 7.40. The topological polar surface area (TPSA) is 58.6 Å². The maximum atomic E-state index is 6.41. The Morgan fingerprint density at radius 3 is 2.55 bits per heavy atom. The van der Waals surface area contributed by atoms with Gasteiger partial charge in [-0.3, -0.25) is 0 Å². The zero-order valence-electron chi connectivity index (χ0n) is 16.9. The highest BCUT2D eigenvalue weighted by molar-refractivity contribution is 5.55. The fraction of sp³-hybridized carbons (Fsp3) is 0.455. The Hall–Kier alpha value is -2.48. The normalized spacial score (nSPS) is 21.5. The van der Waals surface area contributed by atoms with Crippen LogP contribution in [-0.2, 0) is 22.3 Å². The molecule has 0 spiro atoms. The van der Waals surface area contributed by atoms with Crippen LogP contribution in [0.5, 0.6) is 23.0 Å². The van der Waals surface area contributed by atoms with E-state index in [1.165, 1.54) is 5.56 Å². The molecule has 2 atom stereocenters. The number of benzene rings is 2. The summed E-state index contributed by atoms with van der Waals surface area (Å²) in [4.78, 5) is 2.17. The summed E-state index contributed by atoms with van der Waals surface area (Å²) in [6.45, 7) is 1.41. The van der Waals surface area contributed by atoms with Crippen molar-refractivity contribution in [3.8, 4) is 23.0 Å². The maximum absolute atomic E-state index is 6.41. The summed E-state index contributed by atoms with van der Waals surface area (Å²) < 4.78 is 34.6. The Morgan fingerprint density at radius 2 is 1.76 bits per heavy atom. The molecule has 2 unspecified atom stereocenters. The van der Waals surface area contributed by atoms with Crippen molar-refractivity contribution < 1.29 is 28.4 Å². The van der Waals surface area contributed by atoms with Crippen LogP contribution in [0.4, 0.5) is 0 Å². The van der Waals surface area contributed by atoms with E-state index in [1.54, 1.807) is 7.11 Å². The van der Waals surface area contributed by atoms with E-state index >= 15 is 0 Å². The van der Waals surface area contributed by atoms with Crippen molar-refractivity contribution in [1.82, 2.24) is 4.90 Å². The van der Waals surface area contributed by atoms with E-state index in [0.717, 1.165) is 59.1 Å². The Bertz CT molecular complexity index is 928. The first-order valence-corrected chi connectivity index (χ1v) is 9.81. The van der Waals surface area contributed by atoms with Gasteiger partial charge in [0, 0.05) is 20.1 Å². The van der Waals surface area contributed by atoms with Crippen LogP contribution < -0.4 is 18.9 Å².